The molecule has 2 amide bonds. The van der Waals surface area contributed by atoms with Gasteiger partial charge in [-0.1, -0.05) is 41.9 Å². The number of ether oxygens (including phenoxy) is 1. The van der Waals surface area contributed by atoms with Gasteiger partial charge in [-0.2, -0.15) is 0 Å². The molecule has 0 radical (unpaired) electrons. The summed E-state index contributed by atoms with van der Waals surface area (Å²) in [6.45, 7) is 2.86. The van der Waals surface area contributed by atoms with Crippen LogP contribution in [0.3, 0.4) is 0 Å². The van der Waals surface area contributed by atoms with Crippen molar-refractivity contribution in [3.8, 4) is 5.75 Å². The predicted octanol–water partition coefficient (Wildman–Crippen LogP) is 2.99. The van der Waals surface area contributed by atoms with Crippen molar-refractivity contribution < 1.29 is 14.3 Å². The van der Waals surface area contributed by atoms with E-state index in [4.69, 9.17) is 16.3 Å². The van der Waals surface area contributed by atoms with E-state index in [1.807, 2.05) is 60.6 Å². The molecule has 0 saturated carbocycles. The van der Waals surface area contributed by atoms with Gasteiger partial charge in [0.2, 0.25) is 5.91 Å². The lowest BCUT2D eigenvalue weighted by atomic mass is 10.0. The first kappa shape index (κ1) is 21.2. The molecule has 2 aliphatic heterocycles. The van der Waals surface area contributed by atoms with Gasteiger partial charge in [-0.05, 0) is 42.7 Å². The molecule has 1 fully saturated rings. The Morgan fingerprint density at radius 1 is 1.19 bits per heavy atom. The van der Waals surface area contributed by atoms with Crippen molar-refractivity contribution in [3.05, 3.63) is 77.1 Å². The van der Waals surface area contributed by atoms with Crippen molar-refractivity contribution in [2.45, 2.75) is 32.0 Å². The molecule has 2 aromatic rings. The van der Waals surface area contributed by atoms with Gasteiger partial charge in [0.15, 0.2) is 0 Å². The number of hydrogen-bond donors (Lipinski definition) is 2. The van der Waals surface area contributed by atoms with Gasteiger partial charge in [0, 0.05) is 24.0 Å². The number of halogens is 1. The minimum Gasteiger partial charge on any atom is -0.494 e. The Kier molecular flexibility index (Phi) is 6.44. The topological polar surface area (TPSA) is 73.9 Å². The summed E-state index contributed by atoms with van der Waals surface area (Å²) in [5, 5.41) is 5.25. The van der Waals surface area contributed by atoms with Crippen molar-refractivity contribution in [1.29, 1.82) is 0 Å². The molecule has 2 unspecified atom stereocenters. The molecule has 0 spiro atoms. The Labute approximate surface area is 186 Å². The molecular weight excluding hydrogens is 416 g/mol. The number of nitrogens with zero attached hydrogens (tertiary/aromatic N) is 2. The third kappa shape index (κ3) is 4.84. The van der Waals surface area contributed by atoms with E-state index in [9.17, 15) is 9.59 Å². The standard InChI is InChI=1S/C23H25ClN4O3/c1-2-31-18-9-7-16(8-10-18)20-13-21-23(30)27(11-12-28(21)26-20)15-22(29)25-14-17-5-3-4-6-19(17)24/h3-12,20-21,26H,2,13-15H2,1H3,(H,25,29). The van der Waals surface area contributed by atoms with Crippen LogP contribution in [0, 0.1) is 0 Å². The van der Waals surface area contributed by atoms with Gasteiger partial charge in [-0.25, -0.2) is 5.43 Å². The molecule has 1 saturated heterocycles. The molecule has 2 aliphatic rings. The molecule has 2 heterocycles. The smallest absolute Gasteiger partial charge is 0.251 e. The Balaban J connectivity index is 1.33. The van der Waals surface area contributed by atoms with E-state index in [0.717, 1.165) is 16.9 Å². The molecule has 0 aromatic heterocycles. The second-order valence-corrected chi connectivity index (χ2v) is 7.88. The second kappa shape index (κ2) is 9.41. The number of benzene rings is 2. The number of amides is 2. The fraction of sp³-hybridized carbons (Fsp3) is 0.304. The van der Waals surface area contributed by atoms with E-state index < -0.39 is 0 Å². The van der Waals surface area contributed by atoms with Crippen LogP contribution in [0.15, 0.2) is 60.9 Å². The number of hydrogen-bond acceptors (Lipinski definition) is 5. The zero-order valence-corrected chi connectivity index (χ0v) is 18.0. The molecule has 4 rings (SSSR count). The van der Waals surface area contributed by atoms with Crippen molar-refractivity contribution in [3.63, 3.8) is 0 Å². The van der Waals surface area contributed by atoms with E-state index in [1.54, 1.807) is 12.3 Å². The number of fused-ring (bicyclic) bond motifs is 1. The van der Waals surface area contributed by atoms with Gasteiger partial charge in [0.1, 0.15) is 18.3 Å². The van der Waals surface area contributed by atoms with Gasteiger partial charge in [0.25, 0.3) is 5.91 Å². The number of rotatable bonds is 7. The third-order valence-electron chi connectivity index (χ3n) is 5.42. The van der Waals surface area contributed by atoms with Crippen LogP contribution < -0.4 is 15.5 Å². The normalized spacial score (nSPS) is 20.0. The molecule has 2 aromatic carbocycles. The lowest BCUT2D eigenvalue weighted by molar-refractivity contribution is -0.138. The maximum Gasteiger partial charge on any atom is 0.251 e. The lowest BCUT2D eigenvalue weighted by Gasteiger charge is -2.31. The summed E-state index contributed by atoms with van der Waals surface area (Å²) in [5.74, 6) is 0.489. The summed E-state index contributed by atoms with van der Waals surface area (Å²) in [6, 6.07) is 14.9. The first-order chi connectivity index (χ1) is 15.0. The lowest BCUT2D eigenvalue weighted by Crippen LogP contribution is -2.50. The summed E-state index contributed by atoms with van der Waals surface area (Å²) >= 11 is 6.13. The summed E-state index contributed by atoms with van der Waals surface area (Å²) < 4.78 is 5.49. The van der Waals surface area contributed by atoms with Crippen molar-refractivity contribution in [1.82, 2.24) is 20.7 Å². The molecule has 2 N–H and O–H groups in total. The molecular formula is C23H25ClN4O3. The zero-order chi connectivity index (χ0) is 21.8. The largest absolute Gasteiger partial charge is 0.494 e. The van der Waals surface area contributed by atoms with Crippen LogP contribution in [0.4, 0.5) is 0 Å². The Morgan fingerprint density at radius 3 is 2.71 bits per heavy atom. The zero-order valence-electron chi connectivity index (χ0n) is 17.3. The number of carbonyl (C=O) groups excluding carboxylic acids is 2. The Hall–Kier alpha value is -3.03. The molecule has 7 nitrogen and oxygen atoms in total. The van der Waals surface area contributed by atoms with Crippen LogP contribution in [0.25, 0.3) is 0 Å². The van der Waals surface area contributed by atoms with E-state index in [2.05, 4.69) is 10.7 Å². The first-order valence-electron chi connectivity index (χ1n) is 10.3. The molecule has 162 valence electrons. The highest BCUT2D eigenvalue weighted by Gasteiger charge is 2.40. The monoisotopic (exact) mass is 440 g/mol. The molecule has 2 atom stereocenters. The van der Waals surface area contributed by atoms with Gasteiger partial charge < -0.3 is 20.0 Å². The van der Waals surface area contributed by atoms with Crippen LogP contribution >= 0.6 is 11.6 Å². The highest BCUT2D eigenvalue weighted by atomic mass is 35.5. The van der Waals surface area contributed by atoms with Crippen molar-refractivity contribution in [2.24, 2.45) is 0 Å². The van der Waals surface area contributed by atoms with Crippen molar-refractivity contribution in [2.75, 3.05) is 13.2 Å². The molecule has 8 heteroatoms. The predicted molar refractivity (Wildman–Crippen MR) is 118 cm³/mol. The summed E-state index contributed by atoms with van der Waals surface area (Å²) in [7, 11) is 0. The average molecular weight is 441 g/mol. The minimum atomic E-state index is -0.349. The number of nitrogens with one attached hydrogen (secondary N) is 2. The van der Waals surface area contributed by atoms with Gasteiger partial charge in [-0.15, -0.1) is 0 Å². The van der Waals surface area contributed by atoms with Gasteiger partial charge in [0.05, 0.1) is 12.6 Å². The van der Waals surface area contributed by atoms with Crippen LogP contribution in [-0.4, -0.2) is 40.9 Å². The first-order valence-corrected chi connectivity index (χ1v) is 10.7. The molecule has 0 aliphatic carbocycles. The number of carbonyl (C=O) groups is 2. The summed E-state index contributed by atoms with van der Waals surface area (Å²) in [6.07, 6.45) is 4.07. The molecule has 31 heavy (non-hydrogen) atoms. The Morgan fingerprint density at radius 2 is 1.97 bits per heavy atom. The average Bonchev–Trinajstić information content (AvgIpc) is 3.21. The third-order valence-corrected chi connectivity index (χ3v) is 5.78. The van der Waals surface area contributed by atoms with Gasteiger partial charge >= 0.3 is 0 Å². The van der Waals surface area contributed by atoms with Crippen LogP contribution in [-0.2, 0) is 16.1 Å². The fourth-order valence-corrected chi connectivity index (χ4v) is 4.00. The van der Waals surface area contributed by atoms with E-state index in [-0.39, 0.29) is 30.4 Å². The van der Waals surface area contributed by atoms with Crippen LogP contribution in [0.5, 0.6) is 5.75 Å². The van der Waals surface area contributed by atoms with Crippen molar-refractivity contribution >= 4 is 23.4 Å². The van der Waals surface area contributed by atoms with Gasteiger partial charge in [-0.3, -0.25) is 9.59 Å². The number of hydrazine groups is 1. The van der Waals surface area contributed by atoms with Crippen LogP contribution in [0.1, 0.15) is 30.5 Å². The Bertz CT molecular complexity index is 979. The second-order valence-electron chi connectivity index (χ2n) is 7.47. The highest BCUT2D eigenvalue weighted by Crippen LogP contribution is 2.31. The maximum absolute atomic E-state index is 13.0. The SMILES string of the molecule is CCOc1ccc(C2CC3C(=O)N(CC(=O)NCc4ccccc4Cl)C=CN3N2)cc1. The minimum absolute atomic E-state index is 0.0169. The quantitative estimate of drug-likeness (QED) is 0.692. The maximum atomic E-state index is 13.0. The van der Waals surface area contributed by atoms with Crippen LogP contribution in [0.2, 0.25) is 5.02 Å². The highest BCUT2D eigenvalue weighted by molar-refractivity contribution is 6.31. The van der Waals surface area contributed by atoms with E-state index in [0.29, 0.717) is 24.6 Å². The molecule has 0 bridgehead atoms. The summed E-state index contributed by atoms with van der Waals surface area (Å²) in [4.78, 5) is 26.8. The fourth-order valence-electron chi connectivity index (χ4n) is 3.79. The summed E-state index contributed by atoms with van der Waals surface area (Å²) in [5.41, 5.74) is 5.28. The van der Waals surface area contributed by atoms with E-state index >= 15 is 0 Å². The van der Waals surface area contributed by atoms with E-state index in [1.165, 1.54) is 4.90 Å².